The summed E-state index contributed by atoms with van der Waals surface area (Å²) in [4.78, 5) is 20.7. The number of alkyl halides is 3. The third-order valence-corrected chi connectivity index (χ3v) is 5.02. The number of rotatable bonds is 8. The monoisotopic (exact) mass is 487 g/mol. The standard InChI is InChI=1S/C22H27ClF3N3O2.C2H6/c1-13(2)8-18(15-9-17(23)12-27-10-15)14(3)29-20(30)21(4,5)31-19-7-6-16(11-28-19)22(24,25)26;1-2/h6-7,9-14,18H,8H2,1-5H3,(H,29,30);1-2H3. The summed E-state index contributed by atoms with van der Waals surface area (Å²) in [5, 5.41) is 3.47. The minimum Gasteiger partial charge on any atom is -0.462 e. The highest BCUT2D eigenvalue weighted by molar-refractivity contribution is 6.30. The van der Waals surface area contributed by atoms with Crippen molar-refractivity contribution in [3.05, 3.63) is 52.9 Å². The van der Waals surface area contributed by atoms with Gasteiger partial charge in [-0.05, 0) is 50.8 Å². The number of hydrogen-bond acceptors (Lipinski definition) is 4. The molecule has 0 saturated heterocycles. The Bertz CT molecular complexity index is 887. The molecule has 184 valence electrons. The highest BCUT2D eigenvalue weighted by atomic mass is 35.5. The van der Waals surface area contributed by atoms with Gasteiger partial charge in [0.2, 0.25) is 5.88 Å². The number of carbonyl (C=O) groups is 1. The van der Waals surface area contributed by atoms with Crippen LogP contribution in [0.2, 0.25) is 5.02 Å². The number of halogens is 4. The molecular weight excluding hydrogens is 455 g/mol. The van der Waals surface area contributed by atoms with E-state index in [4.69, 9.17) is 16.3 Å². The zero-order chi connectivity index (χ0) is 25.4. The Morgan fingerprint density at radius 2 is 1.76 bits per heavy atom. The molecule has 0 bridgehead atoms. The van der Waals surface area contributed by atoms with Gasteiger partial charge in [0.15, 0.2) is 5.60 Å². The fraction of sp³-hybridized carbons (Fsp3) is 0.542. The first kappa shape index (κ1) is 28.7. The minimum absolute atomic E-state index is 0.0323. The van der Waals surface area contributed by atoms with Gasteiger partial charge in [0.25, 0.3) is 5.91 Å². The first-order valence-electron chi connectivity index (χ1n) is 10.9. The molecule has 0 fully saturated rings. The topological polar surface area (TPSA) is 64.1 Å². The van der Waals surface area contributed by atoms with Crippen LogP contribution in [-0.4, -0.2) is 27.5 Å². The van der Waals surface area contributed by atoms with E-state index in [-0.39, 0.29) is 17.8 Å². The Kier molecular flexibility index (Phi) is 10.6. The summed E-state index contributed by atoms with van der Waals surface area (Å²) in [6, 6.07) is 3.53. The van der Waals surface area contributed by atoms with E-state index in [1.807, 2.05) is 26.8 Å². The summed E-state index contributed by atoms with van der Waals surface area (Å²) >= 11 is 6.09. The van der Waals surface area contributed by atoms with Crippen LogP contribution in [0.15, 0.2) is 36.8 Å². The molecule has 33 heavy (non-hydrogen) atoms. The lowest BCUT2D eigenvalue weighted by Crippen LogP contribution is -2.51. The van der Waals surface area contributed by atoms with Gasteiger partial charge in [-0.3, -0.25) is 9.78 Å². The van der Waals surface area contributed by atoms with Crippen molar-refractivity contribution in [3.8, 4) is 5.88 Å². The van der Waals surface area contributed by atoms with E-state index >= 15 is 0 Å². The molecule has 9 heteroatoms. The van der Waals surface area contributed by atoms with Crippen molar-refractivity contribution in [2.75, 3.05) is 0 Å². The summed E-state index contributed by atoms with van der Waals surface area (Å²) in [5.74, 6) is -0.150. The third kappa shape index (κ3) is 8.84. The van der Waals surface area contributed by atoms with E-state index < -0.39 is 23.2 Å². The van der Waals surface area contributed by atoms with Crippen molar-refractivity contribution in [3.63, 3.8) is 0 Å². The minimum atomic E-state index is -4.49. The van der Waals surface area contributed by atoms with Crippen LogP contribution in [0.1, 0.15) is 71.9 Å². The quantitative estimate of drug-likeness (QED) is 0.451. The number of hydrogen-bond donors (Lipinski definition) is 1. The fourth-order valence-corrected chi connectivity index (χ4v) is 3.35. The molecule has 2 unspecified atom stereocenters. The van der Waals surface area contributed by atoms with Crippen LogP contribution in [0, 0.1) is 5.92 Å². The van der Waals surface area contributed by atoms with E-state index in [0.717, 1.165) is 24.1 Å². The molecule has 1 amide bonds. The van der Waals surface area contributed by atoms with Gasteiger partial charge in [-0.2, -0.15) is 13.2 Å². The van der Waals surface area contributed by atoms with Gasteiger partial charge < -0.3 is 10.1 Å². The summed E-state index contributed by atoms with van der Waals surface area (Å²) in [7, 11) is 0. The van der Waals surface area contributed by atoms with Crippen LogP contribution >= 0.6 is 11.6 Å². The van der Waals surface area contributed by atoms with Gasteiger partial charge in [0, 0.05) is 36.6 Å². The maximum atomic E-state index is 12.9. The first-order chi connectivity index (χ1) is 15.3. The predicted octanol–water partition coefficient (Wildman–Crippen LogP) is 6.67. The molecular formula is C24H33ClF3N3O2. The highest BCUT2D eigenvalue weighted by Gasteiger charge is 2.34. The van der Waals surface area contributed by atoms with Gasteiger partial charge in [-0.1, -0.05) is 39.3 Å². The van der Waals surface area contributed by atoms with Gasteiger partial charge in [0.1, 0.15) is 0 Å². The van der Waals surface area contributed by atoms with Crippen molar-refractivity contribution >= 4 is 17.5 Å². The van der Waals surface area contributed by atoms with Crippen LogP contribution in [0.4, 0.5) is 13.2 Å². The molecule has 0 spiro atoms. The Morgan fingerprint density at radius 1 is 1.12 bits per heavy atom. The average Bonchev–Trinajstić information content (AvgIpc) is 2.72. The van der Waals surface area contributed by atoms with Crippen LogP contribution in [0.3, 0.4) is 0 Å². The van der Waals surface area contributed by atoms with Crippen molar-refractivity contribution in [1.82, 2.24) is 15.3 Å². The molecule has 2 aromatic heterocycles. The van der Waals surface area contributed by atoms with Crippen LogP contribution in [0.25, 0.3) is 0 Å². The molecule has 2 rings (SSSR count). The second-order valence-corrected chi connectivity index (χ2v) is 8.87. The van der Waals surface area contributed by atoms with Crippen LogP contribution < -0.4 is 10.1 Å². The van der Waals surface area contributed by atoms with E-state index in [1.165, 1.54) is 13.8 Å². The summed E-state index contributed by atoms with van der Waals surface area (Å²) < 4.78 is 43.7. The zero-order valence-corrected chi connectivity index (χ0v) is 20.9. The molecule has 5 nitrogen and oxygen atoms in total. The average molecular weight is 488 g/mol. The smallest absolute Gasteiger partial charge is 0.417 e. The van der Waals surface area contributed by atoms with Crippen molar-refractivity contribution in [1.29, 1.82) is 0 Å². The van der Waals surface area contributed by atoms with Crippen LogP contribution in [-0.2, 0) is 11.0 Å². The summed E-state index contributed by atoms with van der Waals surface area (Å²) in [6.07, 6.45) is 0.264. The van der Waals surface area contributed by atoms with Crippen molar-refractivity contribution in [2.24, 2.45) is 5.92 Å². The van der Waals surface area contributed by atoms with E-state index in [1.54, 1.807) is 12.4 Å². The first-order valence-corrected chi connectivity index (χ1v) is 11.3. The Balaban J connectivity index is 0.00000265. The number of nitrogens with one attached hydrogen (secondary N) is 1. The number of nitrogens with zero attached hydrogens (tertiary/aromatic N) is 2. The highest BCUT2D eigenvalue weighted by Crippen LogP contribution is 2.31. The number of pyridine rings is 2. The number of ether oxygens (including phenoxy) is 1. The molecule has 2 aromatic rings. The molecule has 1 N–H and O–H groups in total. The lowest BCUT2D eigenvalue weighted by Gasteiger charge is -2.31. The molecule has 2 heterocycles. The zero-order valence-electron chi connectivity index (χ0n) is 20.1. The van der Waals surface area contributed by atoms with Gasteiger partial charge >= 0.3 is 6.18 Å². The molecule has 0 aliphatic carbocycles. The molecule has 0 saturated carbocycles. The number of aromatic nitrogens is 2. The number of carbonyl (C=O) groups excluding carboxylic acids is 1. The Labute approximate surface area is 199 Å². The molecule has 0 aliphatic heterocycles. The van der Waals surface area contributed by atoms with Gasteiger partial charge in [0.05, 0.1) is 10.6 Å². The Hall–Kier alpha value is -2.35. The molecule has 0 aliphatic rings. The second kappa shape index (κ2) is 12.2. The normalized spacial score (nSPS) is 13.6. The lowest BCUT2D eigenvalue weighted by molar-refractivity contribution is -0.138. The third-order valence-electron chi connectivity index (χ3n) is 4.81. The molecule has 2 atom stereocenters. The summed E-state index contributed by atoms with van der Waals surface area (Å²) in [5.41, 5.74) is -1.32. The van der Waals surface area contributed by atoms with E-state index in [0.29, 0.717) is 17.1 Å². The number of amides is 1. The second-order valence-electron chi connectivity index (χ2n) is 8.43. The van der Waals surface area contributed by atoms with Crippen molar-refractivity contribution < 1.29 is 22.7 Å². The van der Waals surface area contributed by atoms with Gasteiger partial charge in [-0.25, -0.2) is 4.98 Å². The van der Waals surface area contributed by atoms with Crippen LogP contribution in [0.5, 0.6) is 5.88 Å². The summed E-state index contributed by atoms with van der Waals surface area (Å²) in [6.45, 7) is 13.1. The maximum absolute atomic E-state index is 12.9. The molecule has 0 radical (unpaired) electrons. The predicted molar refractivity (Wildman–Crippen MR) is 124 cm³/mol. The van der Waals surface area contributed by atoms with E-state index in [2.05, 4.69) is 29.1 Å². The lowest BCUT2D eigenvalue weighted by atomic mass is 9.85. The van der Waals surface area contributed by atoms with Crippen molar-refractivity contribution in [2.45, 2.75) is 78.6 Å². The van der Waals surface area contributed by atoms with Gasteiger partial charge in [-0.15, -0.1) is 0 Å². The molecule has 0 aromatic carbocycles. The fourth-order valence-electron chi connectivity index (χ4n) is 3.17. The Morgan fingerprint density at radius 3 is 2.24 bits per heavy atom. The maximum Gasteiger partial charge on any atom is 0.417 e. The van der Waals surface area contributed by atoms with E-state index in [9.17, 15) is 18.0 Å². The largest absolute Gasteiger partial charge is 0.462 e. The SMILES string of the molecule is CC.CC(C)CC(c1cncc(Cl)c1)C(C)NC(=O)C(C)(C)Oc1ccc(C(F)(F)F)cn1.